The van der Waals surface area contributed by atoms with Crippen LogP contribution < -0.4 is 4.90 Å². The van der Waals surface area contributed by atoms with Gasteiger partial charge in [-0.1, -0.05) is 29.8 Å². The summed E-state index contributed by atoms with van der Waals surface area (Å²) in [6.45, 7) is 1.78. The molecule has 5 heteroatoms. The molecule has 23 heavy (non-hydrogen) atoms. The Morgan fingerprint density at radius 2 is 1.74 bits per heavy atom. The lowest BCUT2D eigenvalue weighted by Gasteiger charge is -2.19. The summed E-state index contributed by atoms with van der Waals surface area (Å²) in [6.07, 6.45) is 2.20. The van der Waals surface area contributed by atoms with Crippen LogP contribution in [-0.2, 0) is 0 Å². The lowest BCUT2D eigenvalue weighted by molar-refractivity contribution is 0.638. The van der Waals surface area contributed by atoms with Crippen LogP contribution in [0.3, 0.4) is 0 Å². The van der Waals surface area contributed by atoms with E-state index in [0.29, 0.717) is 27.6 Å². The number of hydrogen-bond donors (Lipinski definition) is 0. The molecule has 0 radical (unpaired) electrons. The number of hydrogen-bond acceptors (Lipinski definition) is 3. The van der Waals surface area contributed by atoms with Crippen LogP contribution in [0.1, 0.15) is 12.8 Å². The molecule has 2 heterocycles. The first-order chi connectivity index (χ1) is 11.2. The minimum Gasteiger partial charge on any atom is -0.356 e. The fourth-order valence-electron chi connectivity index (χ4n) is 3.04. The third kappa shape index (κ3) is 2.53. The van der Waals surface area contributed by atoms with Crippen molar-refractivity contribution in [3.63, 3.8) is 0 Å². The zero-order valence-corrected chi connectivity index (χ0v) is 13.2. The van der Waals surface area contributed by atoms with Crippen molar-refractivity contribution in [1.29, 1.82) is 0 Å². The maximum Gasteiger partial charge on any atom is 0.163 e. The molecule has 3 aromatic rings. The van der Waals surface area contributed by atoms with E-state index in [-0.39, 0.29) is 5.82 Å². The van der Waals surface area contributed by atoms with E-state index in [9.17, 15) is 4.39 Å². The maximum absolute atomic E-state index is 14.4. The molecule has 0 aliphatic carbocycles. The van der Waals surface area contributed by atoms with Gasteiger partial charge < -0.3 is 4.90 Å². The molecule has 0 N–H and O–H groups in total. The number of fused-ring (bicyclic) bond motifs is 1. The lowest BCUT2D eigenvalue weighted by atomic mass is 10.1. The van der Waals surface area contributed by atoms with Crippen LogP contribution in [0.2, 0.25) is 5.02 Å². The van der Waals surface area contributed by atoms with E-state index in [1.54, 1.807) is 6.07 Å². The average Bonchev–Trinajstić information content (AvgIpc) is 3.09. The summed E-state index contributed by atoms with van der Waals surface area (Å²) in [5, 5.41) is 1.08. The zero-order valence-electron chi connectivity index (χ0n) is 12.5. The van der Waals surface area contributed by atoms with Gasteiger partial charge in [-0.05, 0) is 37.1 Å². The summed E-state index contributed by atoms with van der Waals surface area (Å²) in [4.78, 5) is 11.3. The second-order valence-corrected chi connectivity index (χ2v) is 6.09. The molecule has 0 atom stereocenters. The second-order valence-electron chi connectivity index (χ2n) is 5.68. The first-order valence-corrected chi connectivity index (χ1v) is 8.08. The normalized spacial score (nSPS) is 14.6. The van der Waals surface area contributed by atoms with Gasteiger partial charge in [0, 0.05) is 18.7 Å². The Labute approximate surface area is 138 Å². The predicted molar refractivity (Wildman–Crippen MR) is 91.4 cm³/mol. The minimum absolute atomic E-state index is 0.282. The van der Waals surface area contributed by atoms with E-state index in [2.05, 4.69) is 14.9 Å². The van der Waals surface area contributed by atoms with Crippen molar-refractivity contribution in [3.05, 3.63) is 53.3 Å². The molecular weight excluding hydrogens is 313 g/mol. The number of anilines is 1. The summed E-state index contributed by atoms with van der Waals surface area (Å²) >= 11 is 6.29. The number of halogens is 2. The van der Waals surface area contributed by atoms with Gasteiger partial charge >= 0.3 is 0 Å². The van der Waals surface area contributed by atoms with Crippen molar-refractivity contribution < 1.29 is 4.39 Å². The first-order valence-electron chi connectivity index (χ1n) is 7.70. The molecule has 0 amide bonds. The number of benzene rings is 2. The highest BCUT2D eigenvalue weighted by molar-refractivity contribution is 6.33. The van der Waals surface area contributed by atoms with E-state index in [1.807, 2.05) is 30.3 Å². The van der Waals surface area contributed by atoms with Gasteiger partial charge in [0.25, 0.3) is 0 Å². The predicted octanol–water partition coefficient (Wildman–Crippen LogP) is 4.69. The Morgan fingerprint density at radius 1 is 0.957 bits per heavy atom. The van der Waals surface area contributed by atoms with Crippen LogP contribution in [0.4, 0.5) is 10.2 Å². The molecule has 1 saturated heterocycles. The van der Waals surface area contributed by atoms with Crippen LogP contribution in [0.5, 0.6) is 0 Å². The van der Waals surface area contributed by atoms with Crippen LogP contribution in [0, 0.1) is 5.82 Å². The molecular formula is C18H15ClFN3. The molecule has 116 valence electrons. The van der Waals surface area contributed by atoms with Gasteiger partial charge in [0.2, 0.25) is 0 Å². The van der Waals surface area contributed by atoms with Crippen LogP contribution in [0.25, 0.3) is 22.3 Å². The monoisotopic (exact) mass is 327 g/mol. The molecule has 0 spiro atoms. The largest absolute Gasteiger partial charge is 0.356 e. The van der Waals surface area contributed by atoms with Crippen molar-refractivity contribution >= 4 is 28.3 Å². The fraction of sp³-hybridized carbons (Fsp3) is 0.222. The third-order valence-electron chi connectivity index (χ3n) is 4.17. The quantitative estimate of drug-likeness (QED) is 0.683. The van der Waals surface area contributed by atoms with E-state index in [4.69, 9.17) is 11.6 Å². The average molecular weight is 328 g/mol. The third-order valence-corrected chi connectivity index (χ3v) is 4.50. The Balaban J connectivity index is 1.99. The van der Waals surface area contributed by atoms with Crippen molar-refractivity contribution in [3.8, 4) is 11.4 Å². The summed E-state index contributed by atoms with van der Waals surface area (Å²) in [5.74, 6) is 0.922. The molecule has 3 nitrogen and oxygen atoms in total. The lowest BCUT2D eigenvalue weighted by Crippen LogP contribution is -2.20. The van der Waals surface area contributed by atoms with Crippen LogP contribution >= 0.6 is 11.6 Å². The summed E-state index contributed by atoms with van der Waals surface area (Å²) in [5.41, 5.74) is 1.37. The van der Waals surface area contributed by atoms with Gasteiger partial charge in [-0.3, -0.25) is 0 Å². The Hall–Kier alpha value is -2.20. The number of aromatic nitrogens is 2. The van der Waals surface area contributed by atoms with E-state index in [1.165, 1.54) is 6.07 Å². The molecule has 0 bridgehead atoms. The fourth-order valence-corrected chi connectivity index (χ4v) is 3.26. The maximum atomic E-state index is 14.4. The molecule has 2 aromatic carbocycles. The van der Waals surface area contributed by atoms with Crippen molar-refractivity contribution in [1.82, 2.24) is 9.97 Å². The highest BCUT2D eigenvalue weighted by atomic mass is 35.5. The Bertz CT molecular complexity index is 875. The second kappa shape index (κ2) is 5.78. The van der Waals surface area contributed by atoms with Crippen molar-refractivity contribution in [2.45, 2.75) is 12.8 Å². The topological polar surface area (TPSA) is 29.0 Å². The molecule has 0 unspecified atom stereocenters. The smallest absolute Gasteiger partial charge is 0.163 e. The van der Waals surface area contributed by atoms with E-state index < -0.39 is 0 Å². The molecule has 1 fully saturated rings. The van der Waals surface area contributed by atoms with Gasteiger partial charge in [0.15, 0.2) is 5.82 Å². The molecule has 0 saturated carbocycles. The van der Waals surface area contributed by atoms with Crippen LogP contribution in [-0.4, -0.2) is 23.1 Å². The molecule has 1 aromatic heterocycles. The highest BCUT2D eigenvalue weighted by Crippen LogP contribution is 2.33. The Kier molecular flexibility index (Phi) is 3.62. The van der Waals surface area contributed by atoms with Crippen molar-refractivity contribution in [2.24, 2.45) is 0 Å². The molecule has 1 aliphatic heterocycles. The highest BCUT2D eigenvalue weighted by Gasteiger charge is 2.21. The van der Waals surface area contributed by atoms with Gasteiger partial charge in [-0.15, -0.1) is 0 Å². The number of rotatable bonds is 2. The van der Waals surface area contributed by atoms with Gasteiger partial charge in [-0.2, -0.15) is 0 Å². The summed E-state index contributed by atoms with van der Waals surface area (Å²) in [7, 11) is 0. The SMILES string of the molecule is Fc1cccc2nc(-c3ccccc3Cl)nc(N3CCCC3)c12. The van der Waals surface area contributed by atoms with E-state index >= 15 is 0 Å². The first kappa shape index (κ1) is 14.4. The summed E-state index contributed by atoms with van der Waals surface area (Å²) in [6, 6.07) is 12.4. The Morgan fingerprint density at radius 3 is 2.52 bits per heavy atom. The summed E-state index contributed by atoms with van der Waals surface area (Å²) < 4.78 is 14.4. The van der Waals surface area contributed by atoms with Crippen molar-refractivity contribution in [2.75, 3.05) is 18.0 Å². The number of nitrogens with zero attached hydrogens (tertiary/aromatic N) is 3. The molecule has 4 rings (SSSR count). The van der Waals surface area contributed by atoms with Gasteiger partial charge in [0.1, 0.15) is 11.6 Å². The van der Waals surface area contributed by atoms with Gasteiger partial charge in [0.05, 0.1) is 15.9 Å². The molecule has 1 aliphatic rings. The standard InChI is InChI=1S/C18H15ClFN3/c19-13-7-2-1-6-12(13)17-21-15-9-5-8-14(20)16(15)18(22-17)23-10-3-4-11-23/h1-2,5-9H,3-4,10-11H2. The minimum atomic E-state index is -0.282. The van der Waals surface area contributed by atoms with Crippen LogP contribution in [0.15, 0.2) is 42.5 Å². The van der Waals surface area contributed by atoms with E-state index in [0.717, 1.165) is 31.5 Å². The van der Waals surface area contributed by atoms with Gasteiger partial charge in [-0.25, -0.2) is 14.4 Å². The zero-order chi connectivity index (χ0) is 15.8.